The summed E-state index contributed by atoms with van der Waals surface area (Å²) >= 11 is 0. The molecular weight excluding hydrogens is 362 g/mol. The zero-order chi connectivity index (χ0) is 20.1. The molecule has 0 atom stereocenters. The van der Waals surface area contributed by atoms with Crippen LogP contribution in [0.4, 0.5) is 8.78 Å². The van der Waals surface area contributed by atoms with Crippen LogP contribution in [-0.4, -0.2) is 17.7 Å². The molecule has 156 valence electrons. The minimum atomic E-state index is -0.948. The molecule has 2 aliphatic carbocycles. The number of rotatable bonds is 7. The molecule has 3 nitrogen and oxygen atoms in total. The molecule has 0 spiro atoms. The van der Waals surface area contributed by atoms with Crippen LogP contribution >= 0.6 is 0 Å². The van der Waals surface area contributed by atoms with Crippen molar-refractivity contribution in [1.82, 2.24) is 0 Å². The molecule has 5 heteroatoms. The molecule has 28 heavy (non-hydrogen) atoms. The van der Waals surface area contributed by atoms with Gasteiger partial charge in [0.1, 0.15) is 0 Å². The Labute approximate surface area is 166 Å². The summed E-state index contributed by atoms with van der Waals surface area (Å²) in [6, 6.07) is 3.14. The normalized spacial score (nSPS) is 28.1. The van der Waals surface area contributed by atoms with E-state index >= 15 is 0 Å². The zero-order valence-corrected chi connectivity index (χ0v) is 16.8. The maximum absolute atomic E-state index is 14.6. The lowest BCUT2D eigenvalue weighted by molar-refractivity contribution is -0.137. The van der Waals surface area contributed by atoms with Gasteiger partial charge < -0.3 is 9.84 Å². The monoisotopic (exact) mass is 394 g/mol. The van der Waals surface area contributed by atoms with Crippen molar-refractivity contribution >= 4 is 5.97 Å². The Hall–Kier alpha value is -1.65. The molecule has 0 unspecified atom stereocenters. The van der Waals surface area contributed by atoms with Gasteiger partial charge in [-0.1, -0.05) is 25.8 Å². The van der Waals surface area contributed by atoms with Gasteiger partial charge in [-0.2, -0.15) is 4.39 Å². The highest BCUT2D eigenvalue weighted by molar-refractivity contribution is 5.66. The Balaban J connectivity index is 1.54. The van der Waals surface area contributed by atoms with E-state index < -0.39 is 17.6 Å². The third kappa shape index (κ3) is 5.24. The Bertz CT molecular complexity index is 660. The summed E-state index contributed by atoms with van der Waals surface area (Å²) in [6.45, 7) is 2.40. The summed E-state index contributed by atoms with van der Waals surface area (Å²) in [4.78, 5) is 10.5. The van der Waals surface area contributed by atoms with Crippen LogP contribution < -0.4 is 4.74 Å². The number of hydrogen-bond donors (Lipinski definition) is 1. The Morgan fingerprint density at radius 2 is 1.61 bits per heavy atom. The smallest absolute Gasteiger partial charge is 0.303 e. The molecule has 1 aromatic rings. The fourth-order valence-corrected chi connectivity index (χ4v) is 5.04. The third-order valence-corrected chi connectivity index (χ3v) is 6.81. The van der Waals surface area contributed by atoms with E-state index in [1.807, 2.05) is 0 Å². The van der Waals surface area contributed by atoms with Gasteiger partial charge in [0.25, 0.3) is 0 Å². The van der Waals surface area contributed by atoms with Gasteiger partial charge >= 0.3 is 5.97 Å². The van der Waals surface area contributed by atoms with E-state index in [0.717, 1.165) is 43.4 Å². The third-order valence-electron chi connectivity index (χ3n) is 6.81. The van der Waals surface area contributed by atoms with Crippen molar-refractivity contribution < 1.29 is 23.4 Å². The zero-order valence-electron chi connectivity index (χ0n) is 16.8. The van der Waals surface area contributed by atoms with E-state index in [-0.39, 0.29) is 31.1 Å². The summed E-state index contributed by atoms with van der Waals surface area (Å²) in [5.41, 5.74) is 0.464. The molecule has 1 aromatic carbocycles. The second-order valence-corrected chi connectivity index (χ2v) is 8.76. The second-order valence-electron chi connectivity index (χ2n) is 8.76. The van der Waals surface area contributed by atoms with Crippen LogP contribution in [0.1, 0.15) is 82.6 Å². The van der Waals surface area contributed by atoms with E-state index in [2.05, 4.69) is 6.92 Å². The maximum atomic E-state index is 14.6. The fraction of sp³-hybridized carbons (Fsp3) is 0.696. The molecule has 2 saturated carbocycles. The average molecular weight is 395 g/mol. The molecule has 3 rings (SSSR count). The lowest BCUT2D eigenvalue weighted by Crippen LogP contribution is -2.25. The van der Waals surface area contributed by atoms with Crippen molar-refractivity contribution in [3.63, 3.8) is 0 Å². The first kappa shape index (κ1) is 21.1. The van der Waals surface area contributed by atoms with Crippen molar-refractivity contribution in [2.24, 2.45) is 17.8 Å². The first-order valence-electron chi connectivity index (χ1n) is 10.8. The van der Waals surface area contributed by atoms with Crippen LogP contribution in [0.3, 0.4) is 0 Å². The Morgan fingerprint density at radius 3 is 2.21 bits per heavy atom. The van der Waals surface area contributed by atoms with E-state index in [0.29, 0.717) is 5.56 Å². The molecule has 0 amide bonds. The van der Waals surface area contributed by atoms with Gasteiger partial charge in [0.15, 0.2) is 11.6 Å². The van der Waals surface area contributed by atoms with Crippen molar-refractivity contribution in [3.8, 4) is 5.75 Å². The largest absolute Gasteiger partial charge is 0.490 e. The highest BCUT2D eigenvalue weighted by Gasteiger charge is 2.32. The first-order chi connectivity index (χ1) is 13.5. The van der Waals surface area contributed by atoms with Crippen molar-refractivity contribution in [1.29, 1.82) is 0 Å². The number of aliphatic carboxylic acids is 1. The van der Waals surface area contributed by atoms with E-state index in [1.165, 1.54) is 31.7 Å². The van der Waals surface area contributed by atoms with E-state index in [4.69, 9.17) is 9.84 Å². The van der Waals surface area contributed by atoms with Gasteiger partial charge in [-0.05, 0) is 80.2 Å². The predicted octanol–water partition coefficient (Wildman–Crippen LogP) is 6.31. The van der Waals surface area contributed by atoms with Crippen molar-refractivity contribution in [2.75, 3.05) is 6.61 Å². The topological polar surface area (TPSA) is 46.5 Å². The molecule has 1 N–H and O–H groups in total. The molecule has 2 fully saturated rings. The summed E-state index contributed by atoms with van der Waals surface area (Å²) in [6.07, 6.45) is 9.60. The molecule has 0 bridgehead atoms. The summed E-state index contributed by atoms with van der Waals surface area (Å²) in [5, 5.41) is 8.61. The molecular formula is C23H32F2O3. The number of carbonyl (C=O) groups is 1. The van der Waals surface area contributed by atoms with Gasteiger partial charge in [0.2, 0.25) is 5.82 Å². The summed E-state index contributed by atoms with van der Waals surface area (Å²) < 4.78 is 34.3. The number of hydrogen-bond acceptors (Lipinski definition) is 2. The minimum Gasteiger partial charge on any atom is -0.490 e. The van der Waals surface area contributed by atoms with Gasteiger partial charge in [0.05, 0.1) is 6.61 Å². The molecule has 0 aromatic heterocycles. The van der Waals surface area contributed by atoms with Crippen LogP contribution in [0.15, 0.2) is 12.1 Å². The van der Waals surface area contributed by atoms with Gasteiger partial charge in [0, 0.05) is 6.42 Å². The Morgan fingerprint density at radius 1 is 1.00 bits per heavy atom. The second kappa shape index (κ2) is 9.71. The van der Waals surface area contributed by atoms with Crippen LogP contribution in [0, 0.1) is 29.4 Å². The van der Waals surface area contributed by atoms with Crippen LogP contribution in [0.25, 0.3) is 0 Å². The number of carboxylic acids is 1. The quantitative estimate of drug-likeness (QED) is 0.551. The highest BCUT2D eigenvalue weighted by atomic mass is 19.2. The number of ether oxygens (including phenoxy) is 1. The molecule has 0 saturated heterocycles. The SMILES string of the molecule is CC1CCC(C2CCC(c3ccc(OCCCC(=O)O)c(F)c3F)CC2)CC1. The lowest BCUT2D eigenvalue weighted by atomic mass is 9.68. The van der Waals surface area contributed by atoms with Crippen molar-refractivity contribution in [2.45, 2.75) is 77.0 Å². The van der Waals surface area contributed by atoms with E-state index in [9.17, 15) is 13.6 Å². The van der Waals surface area contributed by atoms with Crippen LogP contribution in [0.2, 0.25) is 0 Å². The van der Waals surface area contributed by atoms with Crippen molar-refractivity contribution in [3.05, 3.63) is 29.3 Å². The van der Waals surface area contributed by atoms with Crippen LogP contribution in [-0.2, 0) is 4.79 Å². The van der Waals surface area contributed by atoms with Gasteiger partial charge in [-0.15, -0.1) is 0 Å². The first-order valence-corrected chi connectivity index (χ1v) is 10.8. The summed E-state index contributed by atoms with van der Waals surface area (Å²) in [5.74, 6) is -0.305. The number of carboxylic acid groups (broad SMARTS) is 1. The molecule has 0 aliphatic heterocycles. The van der Waals surface area contributed by atoms with Crippen LogP contribution in [0.5, 0.6) is 5.75 Å². The van der Waals surface area contributed by atoms with Gasteiger partial charge in [-0.3, -0.25) is 4.79 Å². The average Bonchev–Trinajstić information content (AvgIpc) is 2.69. The standard InChI is InChI=1S/C23H32F2O3/c1-15-4-6-16(7-5-15)17-8-10-18(11-9-17)19-12-13-20(23(25)22(19)24)28-14-2-3-21(26)27/h12-13,15-18H,2-11,14H2,1H3,(H,26,27). The minimum absolute atomic E-state index is 0.0503. The molecule has 2 aliphatic rings. The maximum Gasteiger partial charge on any atom is 0.303 e. The molecule has 0 heterocycles. The fourth-order valence-electron chi connectivity index (χ4n) is 5.04. The number of halogens is 2. The lowest BCUT2D eigenvalue weighted by Gasteiger charge is -2.37. The van der Waals surface area contributed by atoms with E-state index in [1.54, 1.807) is 6.07 Å². The predicted molar refractivity (Wildman–Crippen MR) is 105 cm³/mol. The Kier molecular flexibility index (Phi) is 7.30. The highest BCUT2D eigenvalue weighted by Crippen LogP contribution is 2.44. The molecule has 0 radical (unpaired) electrons. The number of benzene rings is 1. The van der Waals surface area contributed by atoms with Gasteiger partial charge in [-0.25, -0.2) is 4.39 Å². The summed E-state index contributed by atoms with van der Waals surface area (Å²) in [7, 11) is 0.